The van der Waals surface area contributed by atoms with Crippen molar-refractivity contribution in [3.8, 4) is 0 Å². The van der Waals surface area contributed by atoms with Crippen molar-refractivity contribution < 1.29 is 9.53 Å². The Morgan fingerprint density at radius 2 is 1.71 bits per heavy atom. The summed E-state index contributed by atoms with van der Waals surface area (Å²) in [5, 5.41) is 0. The van der Waals surface area contributed by atoms with Gasteiger partial charge in [-0.3, -0.25) is 4.79 Å². The van der Waals surface area contributed by atoms with Gasteiger partial charge < -0.3 is 4.74 Å². The number of carbonyl (C=O) groups excluding carboxylic acids is 1. The fourth-order valence-electron chi connectivity index (χ4n) is 1.38. The average Bonchev–Trinajstić information content (AvgIpc) is 2.17. The molecule has 0 rings (SSSR count). The highest BCUT2D eigenvalue weighted by Gasteiger charge is 1.99. The van der Waals surface area contributed by atoms with E-state index in [0.29, 0.717) is 6.42 Å². The molecule has 2 nitrogen and oxygen atoms in total. The first kappa shape index (κ1) is 13.2. The Morgan fingerprint density at radius 1 is 1.14 bits per heavy atom. The van der Waals surface area contributed by atoms with E-state index in [4.69, 9.17) is 0 Å². The lowest BCUT2D eigenvalue weighted by Gasteiger charge is -2.00. The number of unbranched alkanes of at least 4 members (excludes halogenated alkanes) is 6. The molecule has 0 amide bonds. The van der Waals surface area contributed by atoms with Crippen LogP contribution in [0.2, 0.25) is 0 Å². The summed E-state index contributed by atoms with van der Waals surface area (Å²) in [6.45, 7) is 5.55. The normalized spacial score (nSPS) is 9.79. The van der Waals surface area contributed by atoms with Gasteiger partial charge >= 0.3 is 5.97 Å². The predicted octanol–water partition coefficient (Wildman–Crippen LogP) is 3.81. The van der Waals surface area contributed by atoms with Crippen LogP contribution >= 0.6 is 0 Å². The number of hydrogen-bond acceptors (Lipinski definition) is 2. The van der Waals surface area contributed by atoms with Crippen molar-refractivity contribution in [2.75, 3.05) is 0 Å². The Morgan fingerprint density at radius 3 is 2.29 bits per heavy atom. The maximum absolute atomic E-state index is 10.9. The van der Waals surface area contributed by atoms with Gasteiger partial charge in [-0.15, -0.1) is 0 Å². The van der Waals surface area contributed by atoms with E-state index in [1.807, 2.05) is 0 Å². The SMILES string of the molecule is C=COC(=O)CCCCCCCCC. The lowest BCUT2D eigenvalue weighted by Crippen LogP contribution is -1.98. The molecule has 14 heavy (non-hydrogen) atoms. The van der Waals surface area contributed by atoms with Crippen molar-refractivity contribution in [1.82, 2.24) is 0 Å². The maximum atomic E-state index is 10.9. The van der Waals surface area contributed by atoms with Gasteiger partial charge in [0.15, 0.2) is 0 Å². The van der Waals surface area contributed by atoms with Gasteiger partial charge in [0.05, 0.1) is 6.26 Å². The summed E-state index contributed by atoms with van der Waals surface area (Å²) >= 11 is 0. The van der Waals surface area contributed by atoms with Gasteiger partial charge in [-0.1, -0.05) is 52.0 Å². The molecule has 0 aliphatic heterocycles. The summed E-state index contributed by atoms with van der Waals surface area (Å²) in [6.07, 6.45) is 10.3. The molecule has 0 fully saturated rings. The highest BCUT2D eigenvalue weighted by Crippen LogP contribution is 2.08. The second-order valence-electron chi connectivity index (χ2n) is 3.53. The molecule has 0 atom stereocenters. The molecule has 0 radical (unpaired) electrons. The fraction of sp³-hybridized carbons (Fsp3) is 0.750. The molecule has 0 unspecified atom stereocenters. The fourth-order valence-corrected chi connectivity index (χ4v) is 1.38. The van der Waals surface area contributed by atoms with Gasteiger partial charge in [0.2, 0.25) is 0 Å². The molecular formula is C12H22O2. The van der Waals surface area contributed by atoms with Gasteiger partial charge in [0, 0.05) is 6.42 Å². The second kappa shape index (κ2) is 10.3. The van der Waals surface area contributed by atoms with Crippen LogP contribution in [0.15, 0.2) is 12.8 Å². The summed E-state index contributed by atoms with van der Waals surface area (Å²) in [5.41, 5.74) is 0. The Kier molecular flexibility index (Phi) is 9.71. The molecule has 0 N–H and O–H groups in total. The van der Waals surface area contributed by atoms with Crippen LogP contribution in [-0.4, -0.2) is 5.97 Å². The van der Waals surface area contributed by atoms with Crippen molar-refractivity contribution in [2.45, 2.75) is 58.3 Å². The molecule has 0 heterocycles. The minimum absolute atomic E-state index is 0.159. The first-order valence-electron chi connectivity index (χ1n) is 5.61. The van der Waals surface area contributed by atoms with Crippen molar-refractivity contribution in [3.05, 3.63) is 12.8 Å². The van der Waals surface area contributed by atoms with Gasteiger partial charge in [-0.05, 0) is 6.42 Å². The van der Waals surface area contributed by atoms with E-state index in [1.54, 1.807) is 0 Å². The van der Waals surface area contributed by atoms with Crippen LogP contribution in [0.1, 0.15) is 58.3 Å². The number of ether oxygens (including phenoxy) is 1. The van der Waals surface area contributed by atoms with Gasteiger partial charge in [0.25, 0.3) is 0 Å². The summed E-state index contributed by atoms with van der Waals surface area (Å²) in [6, 6.07) is 0. The summed E-state index contributed by atoms with van der Waals surface area (Å²) < 4.78 is 4.61. The van der Waals surface area contributed by atoms with E-state index < -0.39 is 0 Å². The maximum Gasteiger partial charge on any atom is 0.310 e. The summed E-state index contributed by atoms with van der Waals surface area (Å²) in [7, 11) is 0. The Balaban J connectivity index is 3.05. The van der Waals surface area contributed by atoms with Gasteiger partial charge in [0.1, 0.15) is 0 Å². The molecule has 82 valence electrons. The molecule has 2 heteroatoms. The van der Waals surface area contributed by atoms with Crippen LogP contribution in [0.25, 0.3) is 0 Å². The smallest absolute Gasteiger partial charge is 0.310 e. The topological polar surface area (TPSA) is 26.3 Å². The number of hydrogen-bond donors (Lipinski definition) is 0. The Hall–Kier alpha value is -0.790. The minimum Gasteiger partial charge on any atom is -0.435 e. The molecule has 0 aromatic heterocycles. The minimum atomic E-state index is -0.159. The van der Waals surface area contributed by atoms with Gasteiger partial charge in [-0.2, -0.15) is 0 Å². The van der Waals surface area contributed by atoms with E-state index >= 15 is 0 Å². The quantitative estimate of drug-likeness (QED) is 0.320. The molecule has 0 saturated heterocycles. The predicted molar refractivity (Wildman–Crippen MR) is 58.9 cm³/mol. The number of carbonyl (C=O) groups is 1. The molecule has 0 bridgehead atoms. The highest BCUT2D eigenvalue weighted by molar-refractivity contribution is 5.69. The molecule has 0 aromatic rings. The van der Waals surface area contributed by atoms with Crippen molar-refractivity contribution in [3.63, 3.8) is 0 Å². The zero-order valence-corrected chi connectivity index (χ0v) is 9.26. The van der Waals surface area contributed by atoms with Crippen molar-refractivity contribution >= 4 is 5.97 Å². The number of rotatable bonds is 9. The van der Waals surface area contributed by atoms with Crippen LogP contribution in [0, 0.1) is 0 Å². The lowest BCUT2D eigenvalue weighted by molar-refractivity contribution is -0.138. The van der Waals surface area contributed by atoms with Crippen molar-refractivity contribution in [2.24, 2.45) is 0 Å². The van der Waals surface area contributed by atoms with E-state index in [1.165, 1.54) is 38.4 Å². The number of esters is 1. The van der Waals surface area contributed by atoms with E-state index in [2.05, 4.69) is 18.2 Å². The zero-order valence-electron chi connectivity index (χ0n) is 9.26. The van der Waals surface area contributed by atoms with Crippen LogP contribution < -0.4 is 0 Å². The molecule has 0 aliphatic rings. The third-order valence-electron chi connectivity index (χ3n) is 2.20. The third-order valence-corrected chi connectivity index (χ3v) is 2.20. The van der Waals surface area contributed by atoms with Gasteiger partial charge in [-0.25, -0.2) is 0 Å². The third kappa shape index (κ3) is 9.30. The first-order chi connectivity index (χ1) is 6.81. The van der Waals surface area contributed by atoms with Crippen LogP contribution in [0.5, 0.6) is 0 Å². The van der Waals surface area contributed by atoms with E-state index in [-0.39, 0.29) is 5.97 Å². The lowest BCUT2D eigenvalue weighted by atomic mass is 10.1. The standard InChI is InChI=1S/C12H22O2/c1-3-5-6-7-8-9-10-11-12(13)14-4-2/h4H,2-3,5-11H2,1H3. The van der Waals surface area contributed by atoms with E-state index in [9.17, 15) is 4.79 Å². The van der Waals surface area contributed by atoms with Crippen LogP contribution in [-0.2, 0) is 9.53 Å². The Bertz CT molecular complexity index is 152. The molecular weight excluding hydrogens is 176 g/mol. The molecule has 0 spiro atoms. The molecule has 0 saturated carbocycles. The largest absolute Gasteiger partial charge is 0.435 e. The van der Waals surface area contributed by atoms with E-state index in [0.717, 1.165) is 12.8 Å². The summed E-state index contributed by atoms with van der Waals surface area (Å²) in [5.74, 6) is -0.159. The highest BCUT2D eigenvalue weighted by atomic mass is 16.5. The molecule has 0 aliphatic carbocycles. The second-order valence-corrected chi connectivity index (χ2v) is 3.53. The van der Waals surface area contributed by atoms with Crippen molar-refractivity contribution in [1.29, 1.82) is 0 Å². The van der Waals surface area contributed by atoms with Crippen LogP contribution in [0.4, 0.5) is 0 Å². The molecule has 0 aromatic carbocycles. The summed E-state index contributed by atoms with van der Waals surface area (Å²) in [4.78, 5) is 10.9. The van der Waals surface area contributed by atoms with Crippen LogP contribution in [0.3, 0.4) is 0 Å². The Labute approximate surface area is 87.3 Å². The first-order valence-corrected chi connectivity index (χ1v) is 5.61. The zero-order chi connectivity index (χ0) is 10.6. The average molecular weight is 198 g/mol. The monoisotopic (exact) mass is 198 g/mol.